The van der Waals surface area contributed by atoms with Crippen molar-refractivity contribution in [3.63, 3.8) is 0 Å². The van der Waals surface area contributed by atoms with Crippen molar-refractivity contribution in [3.8, 4) is 17.0 Å². The summed E-state index contributed by atoms with van der Waals surface area (Å²) in [5, 5.41) is 1.05. The van der Waals surface area contributed by atoms with Crippen molar-refractivity contribution in [1.82, 2.24) is 15.0 Å². The molecule has 2 heterocycles. The summed E-state index contributed by atoms with van der Waals surface area (Å²) in [7, 11) is 1.63. The maximum absolute atomic E-state index is 5.95. The minimum atomic E-state index is 0.184. The normalized spacial score (nSPS) is 10.6. The molecule has 0 amide bonds. The molecule has 0 aliphatic carbocycles. The first kappa shape index (κ1) is 11.9. The van der Waals surface area contributed by atoms with Gasteiger partial charge < -0.3 is 4.74 Å². The number of pyridine rings is 1. The van der Waals surface area contributed by atoms with Crippen LogP contribution in [0.2, 0.25) is 5.28 Å². The van der Waals surface area contributed by atoms with E-state index in [4.69, 9.17) is 16.3 Å². The molecule has 0 bridgehead atoms. The molecule has 1 aromatic carbocycles. The Bertz CT molecular complexity index is 746. The molecule has 0 aliphatic heterocycles. The number of nitrogens with zero attached hydrogens (tertiary/aromatic N) is 3. The standard InChI is InChI=1S/C14H10ClN3O/c1-19-10-5-2-4-9(8-10)12-11-6-3-7-16-13(11)18-14(15)17-12/h2-8H,1H3. The number of halogens is 1. The molecule has 0 fully saturated rings. The lowest BCUT2D eigenvalue weighted by molar-refractivity contribution is 0.415. The summed E-state index contributed by atoms with van der Waals surface area (Å²) in [6.45, 7) is 0. The molecule has 5 heteroatoms. The number of ether oxygens (including phenoxy) is 1. The molecular formula is C14H10ClN3O. The Morgan fingerprint density at radius 3 is 2.84 bits per heavy atom. The van der Waals surface area contributed by atoms with Crippen LogP contribution in [0, 0.1) is 0 Å². The molecule has 0 N–H and O–H groups in total. The lowest BCUT2D eigenvalue weighted by Crippen LogP contribution is -1.93. The predicted octanol–water partition coefficient (Wildman–Crippen LogP) is 3.35. The third-order valence-corrected chi connectivity index (χ3v) is 2.96. The average Bonchev–Trinajstić information content (AvgIpc) is 2.46. The van der Waals surface area contributed by atoms with Gasteiger partial charge >= 0.3 is 0 Å². The molecule has 0 atom stereocenters. The van der Waals surface area contributed by atoms with E-state index in [0.29, 0.717) is 5.65 Å². The zero-order chi connectivity index (χ0) is 13.2. The summed E-state index contributed by atoms with van der Waals surface area (Å²) in [4.78, 5) is 12.6. The molecule has 0 radical (unpaired) electrons. The number of hydrogen-bond acceptors (Lipinski definition) is 4. The van der Waals surface area contributed by atoms with Crippen LogP contribution in [-0.2, 0) is 0 Å². The molecule has 3 aromatic rings. The summed E-state index contributed by atoms with van der Waals surface area (Å²) in [6, 6.07) is 11.4. The quantitative estimate of drug-likeness (QED) is 0.671. The topological polar surface area (TPSA) is 47.9 Å². The van der Waals surface area contributed by atoms with E-state index in [1.54, 1.807) is 13.3 Å². The van der Waals surface area contributed by atoms with Crippen molar-refractivity contribution in [2.75, 3.05) is 7.11 Å². The van der Waals surface area contributed by atoms with Crippen LogP contribution in [0.4, 0.5) is 0 Å². The van der Waals surface area contributed by atoms with Gasteiger partial charge in [-0.2, -0.15) is 4.98 Å². The second-order valence-corrected chi connectivity index (χ2v) is 4.29. The SMILES string of the molecule is COc1cccc(-c2nc(Cl)nc3ncccc23)c1. The van der Waals surface area contributed by atoms with Gasteiger partial charge in [0.05, 0.1) is 12.8 Å². The minimum Gasteiger partial charge on any atom is -0.497 e. The Balaban J connectivity index is 2.29. The van der Waals surface area contributed by atoms with Crippen LogP contribution in [0.5, 0.6) is 5.75 Å². The fourth-order valence-electron chi connectivity index (χ4n) is 1.93. The van der Waals surface area contributed by atoms with Crippen LogP contribution in [0.3, 0.4) is 0 Å². The molecule has 4 nitrogen and oxygen atoms in total. The number of methoxy groups -OCH3 is 1. The van der Waals surface area contributed by atoms with Crippen molar-refractivity contribution in [2.24, 2.45) is 0 Å². The second-order valence-electron chi connectivity index (χ2n) is 3.95. The third kappa shape index (κ3) is 2.22. The van der Waals surface area contributed by atoms with E-state index in [1.165, 1.54) is 0 Å². The van der Waals surface area contributed by atoms with E-state index in [9.17, 15) is 0 Å². The van der Waals surface area contributed by atoms with Crippen molar-refractivity contribution < 1.29 is 4.74 Å². The Kier molecular flexibility index (Phi) is 3.01. The zero-order valence-corrected chi connectivity index (χ0v) is 10.9. The van der Waals surface area contributed by atoms with Crippen LogP contribution in [0.25, 0.3) is 22.3 Å². The van der Waals surface area contributed by atoms with Crippen LogP contribution in [0.15, 0.2) is 42.6 Å². The van der Waals surface area contributed by atoms with E-state index in [-0.39, 0.29) is 5.28 Å². The Morgan fingerprint density at radius 1 is 1.11 bits per heavy atom. The van der Waals surface area contributed by atoms with Crippen molar-refractivity contribution in [3.05, 3.63) is 47.9 Å². The smallest absolute Gasteiger partial charge is 0.225 e. The molecule has 0 unspecified atom stereocenters. The molecule has 0 spiro atoms. The number of hydrogen-bond donors (Lipinski definition) is 0. The van der Waals surface area contributed by atoms with Gasteiger partial charge in [0.15, 0.2) is 5.65 Å². The first-order valence-corrected chi connectivity index (χ1v) is 6.08. The van der Waals surface area contributed by atoms with Gasteiger partial charge in [-0.25, -0.2) is 9.97 Å². The zero-order valence-electron chi connectivity index (χ0n) is 10.2. The molecule has 3 rings (SSSR count). The van der Waals surface area contributed by atoms with Gasteiger partial charge in [-0.1, -0.05) is 12.1 Å². The number of aromatic nitrogens is 3. The summed E-state index contributed by atoms with van der Waals surface area (Å²) >= 11 is 5.95. The lowest BCUT2D eigenvalue weighted by atomic mass is 10.1. The Labute approximate surface area is 115 Å². The van der Waals surface area contributed by atoms with Gasteiger partial charge in [0, 0.05) is 17.1 Å². The average molecular weight is 272 g/mol. The predicted molar refractivity (Wildman–Crippen MR) is 74.3 cm³/mol. The van der Waals surface area contributed by atoms with E-state index in [1.807, 2.05) is 36.4 Å². The highest BCUT2D eigenvalue weighted by atomic mass is 35.5. The number of fused-ring (bicyclic) bond motifs is 1. The van der Waals surface area contributed by atoms with E-state index >= 15 is 0 Å². The summed E-state index contributed by atoms with van der Waals surface area (Å²) in [5.41, 5.74) is 2.25. The maximum Gasteiger partial charge on any atom is 0.225 e. The van der Waals surface area contributed by atoms with Crippen molar-refractivity contribution >= 4 is 22.6 Å². The van der Waals surface area contributed by atoms with E-state index < -0.39 is 0 Å². The first-order chi connectivity index (χ1) is 9.28. The fraction of sp³-hybridized carbons (Fsp3) is 0.0714. The highest BCUT2D eigenvalue weighted by molar-refractivity contribution is 6.28. The molecule has 19 heavy (non-hydrogen) atoms. The molecule has 94 valence electrons. The molecular weight excluding hydrogens is 262 g/mol. The molecule has 0 aliphatic rings. The summed E-state index contributed by atoms with van der Waals surface area (Å²) in [5.74, 6) is 0.768. The summed E-state index contributed by atoms with van der Waals surface area (Å²) in [6.07, 6.45) is 1.68. The van der Waals surface area contributed by atoms with Crippen molar-refractivity contribution in [1.29, 1.82) is 0 Å². The molecule has 0 saturated heterocycles. The monoisotopic (exact) mass is 271 g/mol. The lowest BCUT2D eigenvalue weighted by Gasteiger charge is -2.07. The number of rotatable bonds is 2. The van der Waals surface area contributed by atoms with Gasteiger partial charge in [0.2, 0.25) is 5.28 Å². The van der Waals surface area contributed by atoms with Crippen molar-refractivity contribution in [2.45, 2.75) is 0 Å². The third-order valence-electron chi connectivity index (χ3n) is 2.79. The van der Waals surface area contributed by atoms with Crippen LogP contribution in [0.1, 0.15) is 0 Å². The Hall–Kier alpha value is -2.20. The maximum atomic E-state index is 5.95. The highest BCUT2D eigenvalue weighted by Crippen LogP contribution is 2.28. The fourth-order valence-corrected chi connectivity index (χ4v) is 2.09. The number of benzene rings is 1. The highest BCUT2D eigenvalue weighted by Gasteiger charge is 2.10. The first-order valence-electron chi connectivity index (χ1n) is 5.70. The van der Waals surface area contributed by atoms with Crippen LogP contribution < -0.4 is 4.74 Å². The van der Waals surface area contributed by atoms with E-state index in [0.717, 1.165) is 22.4 Å². The van der Waals surface area contributed by atoms with Gasteiger partial charge in [0.1, 0.15) is 5.75 Å². The van der Waals surface area contributed by atoms with Gasteiger partial charge in [-0.15, -0.1) is 0 Å². The van der Waals surface area contributed by atoms with Gasteiger partial charge in [-0.3, -0.25) is 0 Å². The van der Waals surface area contributed by atoms with Gasteiger partial charge in [-0.05, 0) is 35.9 Å². The molecule has 2 aromatic heterocycles. The second kappa shape index (κ2) is 4.82. The molecule has 0 saturated carbocycles. The van der Waals surface area contributed by atoms with Crippen LogP contribution in [-0.4, -0.2) is 22.1 Å². The minimum absolute atomic E-state index is 0.184. The van der Waals surface area contributed by atoms with E-state index in [2.05, 4.69) is 15.0 Å². The summed E-state index contributed by atoms with van der Waals surface area (Å²) < 4.78 is 5.23. The van der Waals surface area contributed by atoms with Crippen LogP contribution >= 0.6 is 11.6 Å². The van der Waals surface area contributed by atoms with Gasteiger partial charge in [0.25, 0.3) is 0 Å². The largest absolute Gasteiger partial charge is 0.497 e. The Morgan fingerprint density at radius 2 is 2.00 bits per heavy atom.